The van der Waals surface area contributed by atoms with E-state index >= 15 is 0 Å². The topological polar surface area (TPSA) is 24.9 Å². The van der Waals surface area contributed by atoms with E-state index in [1.54, 1.807) is 19.2 Å². The minimum atomic E-state index is -0.314. The maximum Gasteiger partial charge on any atom is 0.129 e. The molecule has 0 fully saturated rings. The molecule has 2 aromatic rings. The average molecular weight is 299 g/mol. The van der Waals surface area contributed by atoms with Crippen LogP contribution in [0.2, 0.25) is 5.02 Å². The lowest BCUT2D eigenvalue weighted by atomic mass is 10.1. The number of aromatic nitrogens is 1. The van der Waals surface area contributed by atoms with E-state index in [9.17, 15) is 4.39 Å². The van der Waals surface area contributed by atoms with Gasteiger partial charge in [0, 0.05) is 16.0 Å². The van der Waals surface area contributed by atoms with Crippen LogP contribution in [0.1, 0.15) is 42.1 Å². The summed E-state index contributed by atoms with van der Waals surface area (Å²) in [5, 5.41) is 6.35. The van der Waals surface area contributed by atoms with E-state index in [0.29, 0.717) is 16.5 Å². The fraction of sp³-hybridized carbons (Fsp3) is 0.357. The molecule has 1 N–H and O–H groups in total. The molecule has 0 spiro atoms. The number of hydrogen-bond donors (Lipinski definition) is 1. The summed E-state index contributed by atoms with van der Waals surface area (Å²) >= 11 is 7.64. The van der Waals surface area contributed by atoms with Crippen molar-refractivity contribution in [3.63, 3.8) is 0 Å². The molecule has 19 heavy (non-hydrogen) atoms. The van der Waals surface area contributed by atoms with Crippen molar-refractivity contribution in [1.82, 2.24) is 10.3 Å². The molecule has 0 aliphatic carbocycles. The van der Waals surface area contributed by atoms with Crippen molar-refractivity contribution in [2.45, 2.75) is 25.8 Å². The number of benzene rings is 1. The molecule has 1 unspecified atom stereocenters. The van der Waals surface area contributed by atoms with E-state index in [-0.39, 0.29) is 11.9 Å². The molecule has 0 amide bonds. The van der Waals surface area contributed by atoms with Crippen molar-refractivity contribution >= 4 is 22.9 Å². The van der Waals surface area contributed by atoms with E-state index in [4.69, 9.17) is 11.6 Å². The standard InChI is InChI=1S/C14H16ClFN2S/c1-8(2)11-7-19-14(18-11)13(17-3)12-9(15)5-4-6-10(12)16/h4-8,13,17H,1-3H3. The Morgan fingerprint density at radius 3 is 2.63 bits per heavy atom. The third-order valence-electron chi connectivity index (χ3n) is 2.96. The lowest BCUT2D eigenvalue weighted by Gasteiger charge is -2.16. The van der Waals surface area contributed by atoms with Crippen LogP contribution in [0.4, 0.5) is 4.39 Å². The Balaban J connectivity index is 2.44. The zero-order chi connectivity index (χ0) is 14.0. The summed E-state index contributed by atoms with van der Waals surface area (Å²) in [5.41, 5.74) is 1.48. The Labute approximate surface area is 121 Å². The predicted molar refractivity (Wildman–Crippen MR) is 78.5 cm³/mol. The molecule has 1 aromatic carbocycles. The molecule has 5 heteroatoms. The number of nitrogens with one attached hydrogen (secondary N) is 1. The Kier molecular flexibility index (Phi) is 4.55. The highest BCUT2D eigenvalue weighted by Gasteiger charge is 2.22. The van der Waals surface area contributed by atoms with Crippen LogP contribution in [0.5, 0.6) is 0 Å². The third kappa shape index (κ3) is 2.96. The Morgan fingerprint density at radius 1 is 1.37 bits per heavy atom. The number of rotatable bonds is 4. The van der Waals surface area contributed by atoms with E-state index in [1.807, 2.05) is 5.38 Å². The minimum absolute atomic E-state index is 0.312. The van der Waals surface area contributed by atoms with Crippen LogP contribution < -0.4 is 5.32 Å². The lowest BCUT2D eigenvalue weighted by molar-refractivity contribution is 0.574. The number of thiazole rings is 1. The van der Waals surface area contributed by atoms with Gasteiger partial charge >= 0.3 is 0 Å². The van der Waals surface area contributed by atoms with Gasteiger partial charge in [-0.2, -0.15) is 0 Å². The van der Waals surface area contributed by atoms with Crippen molar-refractivity contribution in [3.8, 4) is 0 Å². The first-order chi connectivity index (χ1) is 9.04. The first-order valence-corrected chi connectivity index (χ1v) is 7.36. The molecule has 0 aliphatic heterocycles. The first kappa shape index (κ1) is 14.4. The molecule has 0 saturated heterocycles. The van der Waals surface area contributed by atoms with Gasteiger partial charge < -0.3 is 5.32 Å². The van der Waals surface area contributed by atoms with Gasteiger partial charge in [0.05, 0.1) is 11.7 Å². The molecule has 1 aromatic heterocycles. The van der Waals surface area contributed by atoms with Crippen LogP contribution in [0.3, 0.4) is 0 Å². The maximum absolute atomic E-state index is 14.0. The van der Waals surface area contributed by atoms with Crippen LogP contribution in [0.25, 0.3) is 0 Å². The molecule has 0 saturated carbocycles. The fourth-order valence-corrected chi connectivity index (χ4v) is 3.24. The monoisotopic (exact) mass is 298 g/mol. The summed E-state index contributed by atoms with van der Waals surface area (Å²) in [4.78, 5) is 4.57. The zero-order valence-corrected chi connectivity index (χ0v) is 12.6. The van der Waals surface area contributed by atoms with E-state index in [0.717, 1.165) is 10.7 Å². The van der Waals surface area contributed by atoms with Gasteiger partial charge in [0.25, 0.3) is 0 Å². The second-order valence-corrected chi connectivity index (χ2v) is 5.92. The molecule has 102 valence electrons. The van der Waals surface area contributed by atoms with Crippen LogP contribution in [-0.4, -0.2) is 12.0 Å². The van der Waals surface area contributed by atoms with Crippen molar-refractivity contribution < 1.29 is 4.39 Å². The highest BCUT2D eigenvalue weighted by atomic mass is 35.5. The van der Waals surface area contributed by atoms with Crippen LogP contribution in [-0.2, 0) is 0 Å². The normalized spacial score (nSPS) is 12.9. The van der Waals surface area contributed by atoms with Gasteiger partial charge in [-0.25, -0.2) is 9.37 Å². The Morgan fingerprint density at radius 2 is 2.11 bits per heavy atom. The molecule has 2 nitrogen and oxygen atoms in total. The summed E-state index contributed by atoms with van der Waals surface area (Å²) in [6.07, 6.45) is 0. The number of hydrogen-bond acceptors (Lipinski definition) is 3. The van der Waals surface area contributed by atoms with Gasteiger partial charge in [-0.05, 0) is 25.1 Å². The lowest BCUT2D eigenvalue weighted by Crippen LogP contribution is -2.19. The van der Waals surface area contributed by atoms with Crippen LogP contribution in [0, 0.1) is 5.82 Å². The summed E-state index contributed by atoms with van der Waals surface area (Å²) < 4.78 is 14.0. The van der Waals surface area contributed by atoms with Gasteiger partial charge in [-0.15, -0.1) is 11.3 Å². The average Bonchev–Trinajstić information content (AvgIpc) is 2.83. The Bertz CT molecular complexity index is 548. The summed E-state index contributed by atoms with van der Waals surface area (Å²) in [6.45, 7) is 4.17. The van der Waals surface area contributed by atoms with Gasteiger partial charge in [0.1, 0.15) is 10.8 Å². The van der Waals surface area contributed by atoms with Crippen molar-refractivity contribution in [2.24, 2.45) is 0 Å². The Hall–Kier alpha value is -0.970. The smallest absolute Gasteiger partial charge is 0.129 e. The van der Waals surface area contributed by atoms with Gasteiger partial charge in [-0.1, -0.05) is 31.5 Å². The van der Waals surface area contributed by atoms with Crippen molar-refractivity contribution in [2.75, 3.05) is 7.05 Å². The van der Waals surface area contributed by atoms with E-state index in [2.05, 4.69) is 24.1 Å². The molecular formula is C14H16ClFN2S. The van der Waals surface area contributed by atoms with Crippen molar-refractivity contribution in [3.05, 3.63) is 50.7 Å². The predicted octanol–water partition coefficient (Wildman–Crippen LogP) is 4.37. The van der Waals surface area contributed by atoms with Crippen molar-refractivity contribution in [1.29, 1.82) is 0 Å². The van der Waals surface area contributed by atoms with Gasteiger partial charge in [-0.3, -0.25) is 0 Å². The molecule has 0 bridgehead atoms. The molecular weight excluding hydrogens is 283 g/mol. The zero-order valence-electron chi connectivity index (χ0n) is 11.1. The maximum atomic E-state index is 14.0. The van der Waals surface area contributed by atoms with Gasteiger partial charge in [0.2, 0.25) is 0 Å². The number of nitrogens with zero attached hydrogens (tertiary/aromatic N) is 1. The highest BCUT2D eigenvalue weighted by Crippen LogP contribution is 2.32. The highest BCUT2D eigenvalue weighted by molar-refractivity contribution is 7.09. The largest absolute Gasteiger partial charge is 0.307 e. The first-order valence-electron chi connectivity index (χ1n) is 6.11. The minimum Gasteiger partial charge on any atom is -0.307 e. The van der Waals surface area contributed by atoms with Gasteiger partial charge in [0.15, 0.2) is 0 Å². The van der Waals surface area contributed by atoms with Crippen LogP contribution >= 0.6 is 22.9 Å². The molecule has 0 radical (unpaired) electrons. The fourth-order valence-electron chi connectivity index (χ4n) is 1.88. The summed E-state index contributed by atoms with van der Waals surface area (Å²) in [7, 11) is 1.78. The molecule has 1 atom stereocenters. The summed E-state index contributed by atoms with van der Waals surface area (Å²) in [5.74, 6) is 0.0479. The second kappa shape index (κ2) is 5.99. The van der Waals surface area contributed by atoms with E-state index in [1.165, 1.54) is 17.4 Å². The SMILES string of the molecule is CNC(c1nc(C(C)C)cs1)c1c(F)cccc1Cl. The molecule has 0 aliphatic rings. The molecule has 1 heterocycles. The molecule has 2 rings (SSSR count). The number of halogens is 2. The quantitative estimate of drug-likeness (QED) is 0.907. The third-order valence-corrected chi connectivity index (χ3v) is 4.21. The second-order valence-electron chi connectivity index (χ2n) is 4.62. The van der Waals surface area contributed by atoms with Crippen LogP contribution in [0.15, 0.2) is 23.6 Å². The summed E-state index contributed by atoms with van der Waals surface area (Å²) in [6, 6.07) is 4.41. The van der Waals surface area contributed by atoms with E-state index < -0.39 is 0 Å².